The van der Waals surface area contributed by atoms with Crippen LogP contribution in [0.2, 0.25) is 0 Å². The van der Waals surface area contributed by atoms with Crippen molar-refractivity contribution in [2.75, 3.05) is 0 Å². The first-order valence-corrected chi connectivity index (χ1v) is 9.43. The van der Waals surface area contributed by atoms with Crippen LogP contribution in [0.1, 0.15) is 57.9 Å². The summed E-state index contributed by atoms with van der Waals surface area (Å²) in [6.07, 6.45) is 10.3. The lowest BCUT2D eigenvalue weighted by Crippen LogP contribution is -2.56. The molecule has 4 saturated carbocycles. The Balaban J connectivity index is 0.00000156. The molecule has 0 saturated heterocycles. The van der Waals surface area contributed by atoms with Gasteiger partial charge in [-0.1, -0.05) is 30.3 Å². The second-order valence-electron chi connectivity index (χ2n) is 8.76. The fourth-order valence-corrected chi connectivity index (χ4v) is 6.34. The van der Waals surface area contributed by atoms with Crippen LogP contribution in [0, 0.1) is 23.2 Å². The average molecular weight is 334 g/mol. The highest BCUT2D eigenvalue weighted by molar-refractivity contribution is 5.85. The van der Waals surface area contributed by atoms with E-state index in [1.54, 1.807) is 19.3 Å². The maximum absolute atomic E-state index is 3.99. The lowest BCUT2D eigenvalue weighted by atomic mass is 9.48. The Kier molecular flexibility index (Phi) is 5.09. The van der Waals surface area contributed by atoms with Crippen LogP contribution in [0.25, 0.3) is 0 Å². The molecule has 0 spiro atoms. The van der Waals surface area contributed by atoms with Crippen LogP contribution in [0.15, 0.2) is 30.3 Å². The summed E-state index contributed by atoms with van der Waals surface area (Å²) in [6.45, 7) is 4.85. The maximum Gasteiger partial charge on any atom is 0.00980 e. The van der Waals surface area contributed by atoms with Gasteiger partial charge in [0.15, 0.2) is 0 Å². The lowest BCUT2D eigenvalue weighted by molar-refractivity contribution is -0.0718. The zero-order valence-corrected chi connectivity index (χ0v) is 15.4. The Labute approximate surface area is 148 Å². The number of rotatable bonds is 5. The molecule has 2 atom stereocenters. The van der Waals surface area contributed by atoms with E-state index in [-0.39, 0.29) is 12.4 Å². The van der Waals surface area contributed by atoms with Gasteiger partial charge < -0.3 is 5.32 Å². The van der Waals surface area contributed by atoms with Crippen molar-refractivity contribution in [1.29, 1.82) is 0 Å². The summed E-state index contributed by atoms with van der Waals surface area (Å²) >= 11 is 0. The Morgan fingerprint density at radius 2 is 1.48 bits per heavy atom. The Morgan fingerprint density at radius 1 is 0.957 bits per heavy atom. The van der Waals surface area contributed by atoms with E-state index in [1.807, 2.05) is 0 Å². The van der Waals surface area contributed by atoms with Gasteiger partial charge in [-0.2, -0.15) is 0 Å². The van der Waals surface area contributed by atoms with Gasteiger partial charge in [0.25, 0.3) is 0 Å². The monoisotopic (exact) mass is 333 g/mol. The number of hydrogen-bond donors (Lipinski definition) is 1. The molecule has 0 aliphatic heterocycles. The first kappa shape index (κ1) is 17.3. The lowest BCUT2D eigenvalue weighted by Gasteiger charge is -2.59. The third-order valence-corrected chi connectivity index (χ3v) is 6.92. The van der Waals surface area contributed by atoms with Crippen LogP contribution in [0.3, 0.4) is 0 Å². The third-order valence-electron chi connectivity index (χ3n) is 6.92. The maximum atomic E-state index is 3.99. The molecule has 5 rings (SSSR count). The molecule has 0 amide bonds. The molecule has 4 fully saturated rings. The van der Waals surface area contributed by atoms with E-state index in [0.29, 0.717) is 17.5 Å². The van der Waals surface area contributed by atoms with Gasteiger partial charge >= 0.3 is 0 Å². The summed E-state index contributed by atoms with van der Waals surface area (Å²) in [5, 5.41) is 3.99. The summed E-state index contributed by atoms with van der Waals surface area (Å²) in [5.41, 5.74) is 2.08. The summed E-state index contributed by atoms with van der Waals surface area (Å²) < 4.78 is 0. The standard InChI is InChI=1S/C21H31N.ClH/c1-15(8-17-6-4-3-5-7-17)22-16(2)21-12-18-9-19(13-21)11-20(10-18)14-21;/h3-7,15-16,18-20,22H,8-14H2,1-2H3;1H. The number of benzene rings is 1. The van der Waals surface area contributed by atoms with Gasteiger partial charge in [0.1, 0.15) is 0 Å². The minimum Gasteiger partial charge on any atom is -0.311 e. The van der Waals surface area contributed by atoms with Crippen LogP contribution in [-0.4, -0.2) is 12.1 Å². The van der Waals surface area contributed by atoms with Crippen molar-refractivity contribution in [2.45, 2.75) is 70.9 Å². The topological polar surface area (TPSA) is 12.0 Å². The smallest absolute Gasteiger partial charge is 0.00980 e. The normalized spacial score (nSPS) is 37.2. The van der Waals surface area contributed by atoms with Crippen molar-refractivity contribution >= 4 is 12.4 Å². The van der Waals surface area contributed by atoms with E-state index in [2.05, 4.69) is 49.5 Å². The highest BCUT2D eigenvalue weighted by Crippen LogP contribution is 2.61. The van der Waals surface area contributed by atoms with Gasteiger partial charge in [0.2, 0.25) is 0 Å². The summed E-state index contributed by atoms with van der Waals surface area (Å²) in [7, 11) is 0. The Bertz CT molecular complexity index is 477. The van der Waals surface area contributed by atoms with E-state index in [0.717, 1.165) is 24.2 Å². The molecule has 2 heteroatoms. The molecule has 4 aliphatic carbocycles. The van der Waals surface area contributed by atoms with E-state index in [1.165, 1.54) is 24.8 Å². The molecule has 23 heavy (non-hydrogen) atoms. The Hall–Kier alpha value is -0.530. The van der Waals surface area contributed by atoms with Crippen LogP contribution in [0.5, 0.6) is 0 Å². The quantitative estimate of drug-likeness (QED) is 0.777. The molecule has 0 aromatic heterocycles. The van der Waals surface area contributed by atoms with Gasteiger partial charge in [-0.25, -0.2) is 0 Å². The van der Waals surface area contributed by atoms with E-state index in [4.69, 9.17) is 0 Å². The predicted molar refractivity (Wildman–Crippen MR) is 100 cm³/mol. The molecule has 1 N–H and O–H groups in total. The zero-order valence-electron chi connectivity index (χ0n) is 14.6. The van der Waals surface area contributed by atoms with E-state index < -0.39 is 0 Å². The first-order chi connectivity index (χ1) is 10.6. The minimum atomic E-state index is 0. The van der Waals surface area contributed by atoms with Crippen molar-refractivity contribution in [3.8, 4) is 0 Å². The number of halogens is 1. The molecule has 1 aromatic rings. The van der Waals surface area contributed by atoms with Gasteiger partial charge in [-0.3, -0.25) is 0 Å². The number of hydrogen-bond acceptors (Lipinski definition) is 1. The first-order valence-electron chi connectivity index (χ1n) is 9.43. The highest BCUT2D eigenvalue weighted by atomic mass is 35.5. The molecular formula is C21H32ClN. The van der Waals surface area contributed by atoms with Gasteiger partial charge in [0, 0.05) is 12.1 Å². The average Bonchev–Trinajstić information content (AvgIpc) is 2.46. The van der Waals surface area contributed by atoms with Crippen molar-refractivity contribution in [3.05, 3.63) is 35.9 Å². The van der Waals surface area contributed by atoms with Crippen molar-refractivity contribution in [1.82, 2.24) is 5.32 Å². The summed E-state index contributed by atoms with van der Waals surface area (Å²) in [5.74, 6) is 3.17. The molecule has 0 radical (unpaired) electrons. The second kappa shape index (κ2) is 6.76. The van der Waals surface area contributed by atoms with Gasteiger partial charge in [-0.15, -0.1) is 12.4 Å². The summed E-state index contributed by atoms with van der Waals surface area (Å²) in [4.78, 5) is 0. The van der Waals surface area contributed by atoms with E-state index in [9.17, 15) is 0 Å². The second-order valence-corrected chi connectivity index (χ2v) is 8.76. The van der Waals surface area contributed by atoms with Crippen LogP contribution >= 0.6 is 12.4 Å². The van der Waals surface area contributed by atoms with Crippen LogP contribution in [0.4, 0.5) is 0 Å². The molecule has 2 unspecified atom stereocenters. The fourth-order valence-electron chi connectivity index (χ4n) is 6.34. The third kappa shape index (κ3) is 3.46. The van der Waals surface area contributed by atoms with Crippen molar-refractivity contribution < 1.29 is 0 Å². The molecule has 128 valence electrons. The molecule has 4 aliphatic rings. The molecule has 1 aromatic carbocycles. The van der Waals surface area contributed by atoms with E-state index >= 15 is 0 Å². The largest absolute Gasteiger partial charge is 0.311 e. The SMILES string of the molecule is CC(Cc1ccccc1)NC(C)C12CC3CC(CC(C3)C1)C2.Cl. The van der Waals surface area contributed by atoms with Gasteiger partial charge in [-0.05, 0) is 87.5 Å². The minimum absolute atomic E-state index is 0. The fraction of sp³-hybridized carbons (Fsp3) is 0.714. The van der Waals surface area contributed by atoms with Crippen molar-refractivity contribution in [2.24, 2.45) is 23.2 Å². The summed E-state index contributed by atoms with van der Waals surface area (Å²) in [6, 6.07) is 12.2. The predicted octanol–water partition coefficient (Wildman–Crippen LogP) is 5.23. The van der Waals surface area contributed by atoms with Gasteiger partial charge in [0.05, 0.1) is 0 Å². The van der Waals surface area contributed by atoms with Crippen LogP contribution < -0.4 is 5.32 Å². The zero-order chi connectivity index (χ0) is 15.2. The molecule has 4 bridgehead atoms. The molecular weight excluding hydrogens is 302 g/mol. The number of nitrogens with one attached hydrogen (secondary N) is 1. The molecule has 1 nitrogen and oxygen atoms in total. The van der Waals surface area contributed by atoms with Crippen LogP contribution in [-0.2, 0) is 6.42 Å². The highest BCUT2D eigenvalue weighted by Gasteiger charge is 2.53. The Morgan fingerprint density at radius 3 is 2.00 bits per heavy atom. The molecule has 0 heterocycles. The van der Waals surface area contributed by atoms with Crippen molar-refractivity contribution in [3.63, 3.8) is 0 Å².